The average Bonchev–Trinajstić information content (AvgIpc) is 3.05. The summed E-state index contributed by atoms with van der Waals surface area (Å²) in [5.41, 5.74) is -0.177. The highest BCUT2D eigenvalue weighted by molar-refractivity contribution is 5.76. The van der Waals surface area contributed by atoms with E-state index >= 15 is 0 Å². The van der Waals surface area contributed by atoms with E-state index in [1.54, 1.807) is 0 Å². The molecule has 1 aromatic heterocycles. The molecule has 1 amide bonds. The molecule has 1 aliphatic heterocycles. The lowest BCUT2D eigenvalue weighted by Crippen LogP contribution is -2.47. The van der Waals surface area contributed by atoms with Crippen molar-refractivity contribution in [2.75, 3.05) is 13.1 Å². The fourth-order valence-electron chi connectivity index (χ4n) is 4.20. The van der Waals surface area contributed by atoms with Gasteiger partial charge in [-0.05, 0) is 51.4 Å². The number of hydrogen-bond acceptors (Lipinski definition) is 4. The monoisotopic (exact) mass is 317 g/mol. The van der Waals surface area contributed by atoms with E-state index in [0.29, 0.717) is 17.7 Å². The van der Waals surface area contributed by atoms with Crippen molar-refractivity contribution in [3.05, 3.63) is 11.7 Å². The molecular formula is C18H27N3O2. The number of hydrogen-bond donors (Lipinski definition) is 0. The van der Waals surface area contributed by atoms with Gasteiger partial charge < -0.3 is 9.42 Å². The fourth-order valence-corrected chi connectivity index (χ4v) is 4.20. The summed E-state index contributed by atoms with van der Waals surface area (Å²) >= 11 is 0. The number of aromatic nitrogens is 2. The molecule has 1 saturated heterocycles. The van der Waals surface area contributed by atoms with Crippen LogP contribution in [0, 0.1) is 5.92 Å². The first-order chi connectivity index (χ1) is 11.1. The molecule has 1 unspecified atom stereocenters. The van der Waals surface area contributed by atoms with Crippen LogP contribution in [0.4, 0.5) is 0 Å². The van der Waals surface area contributed by atoms with Gasteiger partial charge in [0.25, 0.3) is 0 Å². The Morgan fingerprint density at radius 1 is 1.26 bits per heavy atom. The Hall–Kier alpha value is -1.39. The summed E-state index contributed by atoms with van der Waals surface area (Å²) in [5.74, 6) is 3.05. The normalized spacial score (nSPS) is 29.2. The van der Waals surface area contributed by atoms with Crippen LogP contribution in [0.25, 0.3) is 0 Å². The molecule has 5 nitrogen and oxygen atoms in total. The predicted octanol–water partition coefficient (Wildman–Crippen LogP) is 3.41. The number of carbonyl (C=O) groups is 1. The van der Waals surface area contributed by atoms with Gasteiger partial charge in [-0.2, -0.15) is 4.98 Å². The lowest BCUT2D eigenvalue weighted by Gasteiger charge is -2.38. The molecule has 23 heavy (non-hydrogen) atoms. The highest BCUT2D eigenvalue weighted by Crippen LogP contribution is 2.40. The van der Waals surface area contributed by atoms with Gasteiger partial charge in [-0.1, -0.05) is 18.0 Å². The Morgan fingerprint density at radius 2 is 2.04 bits per heavy atom. The highest BCUT2D eigenvalue weighted by Gasteiger charge is 2.40. The molecular weight excluding hydrogens is 290 g/mol. The lowest BCUT2D eigenvalue weighted by molar-refractivity contribution is -0.134. The molecule has 0 aromatic carbocycles. The van der Waals surface area contributed by atoms with E-state index in [1.807, 2.05) is 4.90 Å². The Morgan fingerprint density at radius 3 is 2.78 bits per heavy atom. The van der Waals surface area contributed by atoms with Crippen molar-refractivity contribution in [3.63, 3.8) is 0 Å². The van der Waals surface area contributed by atoms with Gasteiger partial charge in [-0.15, -0.1) is 0 Å². The largest absolute Gasteiger partial charge is 0.342 e. The number of piperidine rings is 1. The quantitative estimate of drug-likeness (QED) is 0.854. The van der Waals surface area contributed by atoms with Crippen molar-refractivity contribution in [1.82, 2.24) is 15.0 Å². The van der Waals surface area contributed by atoms with Gasteiger partial charge in [0.2, 0.25) is 11.8 Å². The Balaban J connectivity index is 1.43. The van der Waals surface area contributed by atoms with E-state index < -0.39 is 0 Å². The molecule has 2 heterocycles. The maximum absolute atomic E-state index is 12.7. The first-order valence-corrected chi connectivity index (χ1v) is 9.26. The van der Waals surface area contributed by atoms with E-state index in [1.165, 1.54) is 38.5 Å². The zero-order valence-corrected chi connectivity index (χ0v) is 14.1. The van der Waals surface area contributed by atoms with E-state index in [2.05, 4.69) is 17.1 Å². The van der Waals surface area contributed by atoms with Gasteiger partial charge in [0.1, 0.15) is 0 Å². The van der Waals surface area contributed by atoms with E-state index in [9.17, 15) is 4.79 Å². The maximum Gasteiger partial charge on any atom is 0.234 e. The first kappa shape index (κ1) is 15.2. The molecule has 1 aromatic rings. The minimum atomic E-state index is -0.177. The van der Waals surface area contributed by atoms with Crippen molar-refractivity contribution >= 4 is 5.91 Å². The van der Waals surface area contributed by atoms with Crippen LogP contribution >= 0.6 is 0 Å². The molecule has 0 N–H and O–H groups in total. The molecule has 3 aliphatic rings. The summed E-state index contributed by atoms with van der Waals surface area (Å²) in [4.78, 5) is 19.3. The Bertz CT molecular complexity index is 575. The van der Waals surface area contributed by atoms with Gasteiger partial charge in [0, 0.05) is 25.4 Å². The summed E-state index contributed by atoms with van der Waals surface area (Å²) in [7, 11) is 0. The zero-order chi connectivity index (χ0) is 15.9. The van der Waals surface area contributed by atoms with Gasteiger partial charge in [-0.3, -0.25) is 4.79 Å². The molecule has 4 rings (SSSR count). The summed E-state index contributed by atoms with van der Waals surface area (Å²) in [5, 5.41) is 4.16. The van der Waals surface area contributed by atoms with Gasteiger partial charge >= 0.3 is 0 Å². The van der Waals surface area contributed by atoms with Gasteiger partial charge in [0.15, 0.2) is 5.82 Å². The number of likely N-dealkylation sites (tertiary alicyclic amines) is 1. The van der Waals surface area contributed by atoms with Crippen LogP contribution in [-0.2, 0) is 10.2 Å². The highest BCUT2D eigenvalue weighted by atomic mass is 16.5. The summed E-state index contributed by atoms with van der Waals surface area (Å²) in [6.45, 7) is 3.78. The maximum atomic E-state index is 12.7. The van der Waals surface area contributed by atoms with Crippen LogP contribution in [-0.4, -0.2) is 34.0 Å². The van der Waals surface area contributed by atoms with Crippen LogP contribution in [0.15, 0.2) is 4.52 Å². The minimum Gasteiger partial charge on any atom is -0.342 e. The van der Waals surface area contributed by atoms with Crippen LogP contribution in [0.2, 0.25) is 0 Å². The molecule has 2 aliphatic carbocycles. The third kappa shape index (κ3) is 3.15. The molecule has 0 radical (unpaired) electrons. The van der Waals surface area contributed by atoms with Crippen molar-refractivity contribution in [2.24, 2.45) is 5.92 Å². The van der Waals surface area contributed by atoms with E-state index in [-0.39, 0.29) is 5.41 Å². The summed E-state index contributed by atoms with van der Waals surface area (Å²) in [6, 6.07) is 0. The minimum absolute atomic E-state index is 0.177. The standard InChI is InChI=1S/C18H27N3O2/c1-18(17-19-16(20-23-17)14-7-8-14)9-4-10-21(12-18)15(22)11-13-5-2-3-6-13/h13-14H,2-12H2,1H3. The van der Waals surface area contributed by atoms with Gasteiger partial charge in [0.05, 0.1) is 5.41 Å². The SMILES string of the molecule is CC1(c2nc(C3CC3)no2)CCCN(C(=O)CC2CCCC2)C1. The average molecular weight is 317 g/mol. The Labute approximate surface area is 137 Å². The van der Waals surface area contributed by atoms with Gasteiger partial charge in [-0.25, -0.2) is 0 Å². The van der Waals surface area contributed by atoms with Crippen LogP contribution in [0.5, 0.6) is 0 Å². The van der Waals surface area contributed by atoms with Crippen molar-refractivity contribution in [3.8, 4) is 0 Å². The molecule has 0 spiro atoms. The second-order valence-corrected chi connectivity index (χ2v) is 8.07. The van der Waals surface area contributed by atoms with Crippen LogP contribution in [0.3, 0.4) is 0 Å². The number of carbonyl (C=O) groups excluding carboxylic acids is 1. The summed E-state index contributed by atoms with van der Waals surface area (Å²) < 4.78 is 5.57. The molecule has 126 valence electrons. The number of amides is 1. The third-order valence-corrected chi connectivity index (χ3v) is 5.89. The van der Waals surface area contributed by atoms with Crippen molar-refractivity contribution in [2.45, 2.75) is 76.0 Å². The molecule has 2 saturated carbocycles. The second kappa shape index (κ2) is 5.91. The number of rotatable bonds is 4. The zero-order valence-electron chi connectivity index (χ0n) is 14.1. The fraction of sp³-hybridized carbons (Fsp3) is 0.833. The molecule has 1 atom stereocenters. The topological polar surface area (TPSA) is 59.2 Å². The van der Waals surface area contributed by atoms with Crippen LogP contribution < -0.4 is 0 Å². The van der Waals surface area contributed by atoms with Crippen LogP contribution in [0.1, 0.15) is 82.3 Å². The molecule has 5 heteroatoms. The van der Waals surface area contributed by atoms with E-state index in [0.717, 1.165) is 44.1 Å². The summed E-state index contributed by atoms with van der Waals surface area (Å²) in [6.07, 6.45) is 10.2. The first-order valence-electron chi connectivity index (χ1n) is 9.26. The smallest absolute Gasteiger partial charge is 0.234 e. The predicted molar refractivity (Wildman–Crippen MR) is 86.0 cm³/mol. The van der Waals surface area contributed by atoms with E-state index in [4.69, 9.17) is 4.52 Å². The molecule has 3 fully saturated rings. The Kier molecular flexibility index (Phi) is 3.90. The number of nitrogens with zero attached hydrogens (tertiary/aromatic N) is 3. The van der Waals surface area contributed by atoms with Crippen molar-refractivity contribution < 1.29 is 9.32 Å². The lowest BCUT2D eigenvalue weighted by atomic mass is 9.81. The molecule has 0 bridgehead atoms. The third-order valence-electron chi connectivity index (χ3n) is 5.89. The second-order valence-electron chi connectivity index (χ2n) is 8.07. The van der Waals surface area contributed by atoms with Crippen molar-refractivity contribution in [1.29, 1.82) is 0 Å².